The van der Waals surface area contributed by atoms with Crippen molar-refractivity contribution in [2.45, 2.75) is 20.8 Å². The topological polar surface area (TPSA) is 117 Å². The van der Waals surface area contributed by atoms with Gasteiger partial charge in [-0.15, -0.1) is 0 Å². The maximum absolute atomic E-state index is 12.3. The van der Waals surface area contributed by atoms with E-state index in [9.17, 15) is 19.5 Å². The molecule has 0 fully saturated rings. The summed E-state index contributed by atoms with van der Waals surface area (Å²) in [6.45, 7) is 5.48. The largest absolute Gasteiger partial charge is 0.493 e. The van der Waals surface area contributed by atoms with Crippen LogP contribution in [0.15, 0.2) is 55.5 Å². The molecular weight excluding hydrogens is 452 g/mol. The van der Waals surface area contributed by atoms with Crippen molar-refractivity contribution in [1.82, 2.24) is 9.55 Å². The van der Waals surface area contributed by atoms with E-state index in [1.807, 2.05) is 19.9 Å². The number of amides is 2. The fourth-order valence-electron chi connectivity index (χ4n) is 2.84. The Morgan fingerprint density at radius 3 is 2.57 bits per heavy atom. The van der Waals surface area contributed by atoms with Crippen molar-refractivity contribution in [3.63, 3.8) is 0 Å². The zero-order valence-corrected chi connectivity index (χ0v) is 18.1. The molecule has 0 unspecified atom stereocenters. The summed E-state index contributed by atoms with van der Waals surface area (Å²) in [6, 6.07) is 9.85. The van der Waals surface area contributed by atoms with Gasteiger partial charge in [-0.2, -0.15) is 0 Å². The molecule has 0 saturated heterocycles. The van der Waals surface area contributed by atoms with Crippen LogP contribution in [-0.4, -0.2) is 26.9 Å². The Kier molecular flexibility index (Phi) is 6.02. The molecule has 0 atom stereocenters. The average molecular weight is 471 g/mol. The van der Waals surface area contributed by atoms with E-state index in [1.165, 1.54) is 0 Å². The Morgan fingerprint density at radius 1 is 1.13 bits per heavy atom. The summed E-state index contributed by atoms with van der Waals surface area (Å²) in [5, 5.41) is 13.2. The maximum Gasteiger partial charge on any atom is 0.345 e. The number of aromatic amines is 1. The number of benzene rings is 2. The summed E-state index contributed by atoms with van der Waals surface area (Å²) in [4.78, 5) is 42.5. The molecule has 0 spiro atoms. The number of aryl methyl sites for hydroxylation is 3. The Hall–Kier alpha value is -3.46. The van der Waals surface area contributed by atoms with Gasteiger partial charge in [-0.3, -0.25) is 9.78 Å². The minimum Gasteiger partial charge on any atom is -0.493 e. The molecule has 0 aliphatic carbocycles. The standard InChI is InChI=1S/C21H19BrN4O4/c1-11-4-5-12(2)17(8-11)26-19(28)15(18(27)25-21(26)30)10-23-20(29)24-14-6-7-16(22)13(3)9-14/h4-10,28H,1-3H3,(H,24,29)(H,25,27,30). The number of halogens is 1. The molecule has 1 aromatic heterocycles. The predicted molar refractivity (Wildman–Crippen MR) is 119 cm³/mol. The van der Waals surface area contributed by atoms with Gasteiger partial charge in [0.1, 0.15) is 5.56 Å². The molecule has 8 nitrogen and oxygen atoms in total. The van der Waals surface area contributed by atoms with Gasteiger partial charge < -0.3 is 10.4 Å². The number of aliphatic imine (C=N–C) groups is 1. The van der Waals surface area contributed by atoms with E-state index in [-0.39, 0.29) is 5.56 Å². The fraction of sp³-hybridized carbons (Fsp3) is 0.143. The minimum atomic E-state index is -0.852. The number of aromatic nitrogens is 2. The Balaban J connectivity index is 1.97. The highest BCUT2D eigenvalue weighted by Crippen LogP contribution is 2.21. The molecule has 0 saturated carbocycles. The van der Waals surface area contributed by atoms with Gasteiger partial charge in [0.25, 0.3) is 5.56 Å². The Bertz CT molecular complexity index is 1290. The van der Waals surface area contributed by atoms with Crippen LogP contribution in [-0.2, 0) is 0 Å². The van der Waals surface area contributed by atoms with Crippen LogP contribution in [0.25, 0.3) is 5.69 Å². The second-order valence-electron chi connectivity index (χ2n) is 6.77. The first-order valence-electron chi connectivity index (χ1n) is 8.94. The average Bonchev–Trinajstić information content (AvgIpc) is 2.67. The summed E-state index contributed by atoms with van der Waals surface area (Å²) in [6.07, 6.45) is 0.927. The SMILES string of the molecule is Cc1ccc(C)c(-n2c(O)c(C=NC(=O)Nc3ccc(Br)c(C)c3)c(=O)[nH]c2=O)c1. The molecule has 2 aromatic carbocycles. The number of aromatic hydroxyl groups is 1. The van der Waals surface area contributed by atoms with E-state index < -0.39 is 23.2 Å². The normalized spacial score (nSPS) is 11.1. The molecule has 154 valence electrons. The molecule has 30 heavy (non-hydrogen) atoms. The first-order valence-corrected chi connectivity index (χ1v) is 9.74. The van der Waals surface area contributed by atoms with Crippen LogP contribution >= 0.6 is 15.9 Å². The first kappa shape index (κ1) is 21.3. The number of urea groups is 1. The molecule has 2 amide bonds. The fourth-order valence-corrected chi connectivity index (χ4v) is 3.09. The van der Waals surface area contributed by atoms with Crippen molar-refractivity contribution in [2.24, 2.45) is 4.99 Å². The van der Waals surface area contributed by atoms with Crippen LogP contribution in [0.1, 0.15) is 22.3 Å². The van der Waals surface area contributed by atoms with E-state index >= 15 is 0 Å². The second kappa shape index (κ2) is 8.50. The number of rotatable bonds is 3. The Labute approximate surface area is 180 Å². The van der Waals surface area contributed by atoms with Crippen molar-refractivity contribution >= 4 is 33.9 Å². The summed E-state index contributed by atoms with van der Waals surface area (Å²) in [5.74, 6) is -0.603. The van der Waals surface area contributed by atoms with Crippen LogP contribution in [0.2, 0.25) is 0 Å². The van der Waals surface area contributed by atoms with Gasteiger partial charge in [0, 0.05) is 10.2 Å². The summed E-state index contributed by atoms with van der Waals surface area (Å²) in [5.41, 5.74) is 1.50. The highest BCUT2D eigenvalue weighted by Gasteiger charge is 2.16. The molecule has 0 aliphatic rings. The van der Waals surface area contributed by atoms with Crippen molar-refractivity contribution < 1.29 is 9.90 Å². The van der Waals surface area contributed by atoms with Crippen molar-refractivity contribution in [3.05, 3.63) is 84.0 Å². The molecule has 1 heterocycles. The van der Waals surface area contributed by atoms with Gasteiger partial charge in [-0.1, -0.05) is 28.1 Å². The van der Waals surface area contributed by atoms with Crippen LogP contribution in [0.4, 0.5) is 10.5 Å². The second-order valence-corrected chi connectivity index (χ2v) is 7.63. The number of hydrogen-bond donors (Lipinski definition) is 3. The number of H-pyrrole nitrogens is 1. The zero-order valence-electron chi connectivity index (χ0n) is 16.5. The molecule has 3 aromatic rings. The lowest BCUT2D eigenvalue weighted by Crippen LogP contribution is -2.31. The van der Waals surface area contributed by atoms with Crippen LogP contribution in [0.3, 0.4) is 0 Å². The third kappa shape index (κ3) is 4.41. The van der Waals surface area contributed by atoms with Crippen LogP contribution in [0, 0.1) is 20.8 Å². The monoisotopic (exact) mass is 470 g/mol. The molecule has 0 aliphatic heterocycles. The van der Waals surface area contributed by atoms with Gasteiger partial charge in [0.05, 0.1) is 11.9 Å². The number of nitrogens with zero attached hydrogens (tertiary/aromatic N) is 2. The third-order valence-corrected chi connectivity index (χ3v) is 5.34. The Morgan fingerprint density at radius 2 is 1.87 bits per heavy atom. The third-order valence-electron chi connectivity index (χ3n) is 4.45. The quantitative estimate of drug-likeness (QED) is 0.507. The van der Waals surface area contributed by atoms with Gasteiger partial charge in [-0.25, -0.2) is 19.1 Å². The van der Waals surface area contributed by atoms with Crippen molar-refractivity contribution in [3.8, 4) is 11.6 Å². The summed E-state index contributed by atoms with van der Waals surface area (Å²) < 4.78 is 1.87. The lowest BCUT2D eigenvalue weighted by atomic mass is 10.1. The van der Waals surface area contributed by atoms with E-state index in [1.54, 1.807) is 37.3 Å². The number of nitrogens with one attached hydrogen (secondary N) is 2. The number of carbonyl (C=O) groups excluding carboxylic acids is 1. The van der Waals surface area contributed by atoms with Crippen LogP contribution in [0.5, 0.6) is 5.88 Å². The molecule has 0 radical (unpaired) electrons. The maximum atomic E-state index is 12.3. The van der Waals surface area contributed by atoms with Crippen LogP contribution < -0.4 is 16.6 Å². The van der Waals surface area contributed by atoms with Crippen molar-refractivity contribution in [1.29, 1.82) is 0 Å². The van der Waals surface area contributed by atoms with Gasteiger partial charge in [-0.05, 0) is 61.7 Å². The summed E-state index contributed by atoms with van der Waals surface area (Å²) in [7, 11) is 0. The zero-order chi connectivity index (χ0) is 22.0. The molecular formula is C21H19BrN4O4. The first-order chi connectivity index (χ1) is 14.2. The van der Waals surface area contributed by atoms with E-state index in [0.29, 0.717) is 11.4 Å². The van der Waals surface area contributed by atoms with E-state index in [0.717, 1.165) is 31.9 Å². The van der Waals surface area contributed by atoms with Gasteiger partial charge in [0.15, 0.2) is 0 Å². The lowest BCUT2D eigenvalue weighted by molar-refractivity contribution is 0.259. The van der Waals surface area contributed by atoms with Gasteiger partial charge >= 0.3 is 11.7 Å². The highest BCUT2D eigenvalue weighted by atomic mass is 79.9. The van der Waals surface area contributed by atoms with Gasteiger partial charge in [0.2, 0.25) is 5.88 Å². The minimum absolute atomic E-state index is 0.308. The number of hydrogen-bond acceptors (Lipinski definition) is 4. The molecule has 9 heteroatoms. The van der Waals surface area contributed by atoms with E-state index in [4.69, 9.17) is 0 Å². The molecule has 3 N–H and O–H groups in total. The molecule has 3 rings (SSSR count). The summed E-state index contributed by atoms with van der Waals surface area (Å²) >= 11 is 3.38. The lowest BCUT2D eigenvalue weighted by Gasteiger charge is -2.12. The molecule has 0 bridgehead atoms. The number of carbonyl (C=O) groups is 1. The van der Waals surface area contributed by atoms with Crippen molar-refractivity contribution in [2.75, 3.05) is 5.32 Å². The smallest absolute Gasteiger partial charge is 0.345 e. The number of anilines is 1. The highest BCUT2D eigenvalue weighted by molar-refractivity contribution is 9.10. The van der Waals surface area contributed by atoms with E-state index in [2.05, 4.69) is 31.2 Å². The predicted octanol–water partition coefficient (Wildman–Crippen LogP) is 3.57.